The van der Waals surface area contributed by atoms with E-state index in [1.165, 1.54) is 5.56 Å². The Kier molecular flexibility index (Phi) is 9.54. The lowest BCUT2D eigenvalue weighted by Gasteiger charge is -2.12. The van der Waals surface area contributed by atoms with Crippen LogP contribution in [0, 0.1) is 0 Å². The van der Waals surface area contributed by atoms with E-state index in [9.17, 15) is 0 Å². The number of benzene rings is 1. The smallest absolute Gasteiger partial charge is 0.190 e. The van der Waals surface area contributed by atoms with Crippen LogP contribution >= 0.6 is 11.6 Å². The third kappa shape index (κ3) is 8.32. The van der Waals surface area contributed by atoms with E-state index in [-0.39, 0.29) is 0 Å². The maximum atomic E-state index is 5.79. The molecule has 0 atom stereocenters. The van der Waals surface area contributed by atoms with Gasteiger partial charge in [0.05, 0.1) is 6.61 Å². The minimum atomic E-state index is 0.520. The summed E-state index contributed by atoms with van der Waals surface area (Å²) in [6.45, 7) is 3.11. The number of ether oxygens (including phenoxy) is 1. The summed E-state index contributed by atoms with van der Waals surface area (Å²) in [4.78, 5) is 8.31. The molecule has 6 heteroatoms. The van der Waals surface area contributed by atoms with Crippen molar-refractivity contribution >= 4 is 17.6 Å². The Morgan fingerprint density at radius 2 is 1.85 bits per heavy atom. The normalized spacial score (nSPS) is 11.4. The molecule has 0 aliphatic rings. The van der Waals surface area contributed by atoms with Crippen LogP contribution < -0.4 is 10.6 Å². The first-order chi connectivity index (χ1) is 12.8. The molecule has 5 nitrogen and oxygen atoms in total. The van der Waals surface area contributed by atoms with Crippen molar-refractivity contribution in [3.8, 4) is 0 Å². The van der Waals surface area contributed by atoms with E-state index >= 15 is 0 Å². The second kappa shape index (κ2) is 12.3. The molecular weight excluding hydrogens is 348 g/mol. The highest BCUT2D eigenvalue weighted by Gasteiger charge is 1.99. The van der Waals surface area contributed by atoms with Crippen molar-refractivity contribution in [2.24, 2.45) is 4.99 Å². The molecule has 0 amide bonds. The molecule has 0 radical (unpaired) electrons. The molecule has 1 heterocycles. The van der Waals surface area contributed by atoms with Crippen molar-refractivity contribution in [2.75, 3.05) is 26.7 Å². The number of nitrogens with one attached hydrogen (secondary N) is 2. The zero-order valence-electron chi connectivity index (χ0n) is 15.2. The molecule has 26 heavy (non-hydrogen) atoms. The molecule has 1 aromatic carbocycles. The van der Waals surface area contributed by atoms with Crippen LogP contribution in [0.25, 0.3) is 0 Å². The standard InChI is InChI=1S/C20H27ClN4O/c1-22-20(24-13-11-17-9-10-19(21)25-15-17)23-12-5-6-14-26-16-18-7-3-2-4-8-18/h2-4,7-10,15H,5-6,11-14,16H2,1H3,(H2,22,23,24). The number of halogens is 1. The zero-order chi connectivity index (χ0) is 18.5. The summed E-state index contributed by atoms with van der Waals surface area (Å²) in [5.74, 6) is 0.817. The Morgan fingerprint density at radius 3 is 2.58 bits per heavy atom. The first-order valence-corrected chi connectivity index (χ1v) is 9.32. The average Bonchev–Trinajstić information content (AvgIpc) is 2.68. The van der Waals surface area contributed by atoms with E-state index in [0.717, 1.165) is 50.5 Å². The summed E-state index contributed by atoms with van der Waals surface area (Å²) in [5, 5.41) is 7.14. The van der Waals surface area contributed by atoms with Crippen molar-refractivity contribution in [1.29, 1.82) is 0 Å². The van der Waals surface area contributed by atoms with Crippen LogP contribution in [0.5, 0.6) is 0 Å². The van der Waals surface area contributed by atoms with Gasteiger partial charge in [0.15, 0.2) is 5.96 Å². The molecule has 0 saturated carbocycles. The lowest BCUT2D eigenvalue weighted by Crippen LogP contribution is -2.38. The molecule has 0 aliphatic carbocycles. The van der Waals surface area contributed by atoms with Gasteiger partial charge >= 0.3 is 0 Å². The van der Waals surface area contributed by atoms with Gasteiger partial charge in [-0.05, 0) is 36.5 Å². The van der Waals surface area contributed by atoms with Crippen LogP contribution in [0.3, 0.4) is 0 Å². The second-order valence-electron chi connectivity index (χ2n) is 5.91. The molecule has 2 N–H and O–H groups in total. The molecule has 0 saturated heterocycles. The van der Waals surface area contributed by atoms with E-state index in [4.69, 9.17) is 16.3 Å². The molecule has 0 fully saturated rings. The van der Waals surface area contributed by atoms with Crippen molar-refractivity contribution in [3.05, 3.63) is 64.9 Å². The highest BCUT2D eigenvalue weighted by Crippen LogP contribution is 2.05. The van der Waals surface area contributed by atoms with Crippen LogP contribution in [0.4, 0.5) is 0 Å². The zero-order valence-corrected chi connectivity index (χ0v) is 16.0. The fraction of sp³-hybridized carbons (Fsp3) is 0.400. The molecule has 2 aromatic rings. The fourth-order valence-corrected chi connectivity index (χ4v) is 2.51. The van der Waals surface area contributed by atoms with E-state index in [1.54, 1.807) is 13.2 Å². The number of aliphatic imine (C=N–C) groups is 1. The Labute approximate surface area is 160 Å². The number of aromatic nitrogens is 1. The summed E-state index contributed by atoms with van der Waals surface area (Å²) < 4.78 is 5.69. The van der Waals surface area contributed by atoms with E-state index in [2.05, 4.69) is 32.7 Å². The number of unbranched alkanes of at least 4 members (excludes halogenated alkanes) is 1. The summed E-state index contributed by atoms with van der Waals surface area (Å²) in [7, 11) is 1.78. The van der Waals surface area contributed by atoms with Gasteiger partial charge in [0.1, 0.15) is 5.15 Å². The lowest BCUT2D eigenvalue weighted by atomic mass is 10.2. The highest BCUT2D eigenvalue weighted by atomic mass is 35.5. The Balaban J connectivity index is 1.50. The fourth-order valence-electron chi connectivity index (χ4n) is 2.40. The van der Waals surface area contributed by atoms with Crippen LogP contribution in [-0.2, 0) is 17.8 Å². The third-order valence-corrected chi connectivity index (χ3v) is 4.06. The van der Waals surface area contributed by atoms with Gasteiger partial charge < -0.3 is 15.4 Å². The van der Waals surface area contributed by atoms with E-state index in [1.807, 2.05) is 30.3 Å². The molecule has 1 aromatic heterocycles. The largest absolute Gasteiger partial charge is 0.377 e. The molecule has 0 bridgehead atoms. The average molecular weight is 375 g/mol. The minimum Gasteiger partial charge on any atom is -0.377 e. The summed E-state index contributed by atoms with van der Waals surface area (Å²) >= 11 is 5.79. The highest BCUT2D eigenvalue weighted by molar-refractivity contribution is 6.29. The monoisotopic (exact) mass is 374 g/mol. The number of rotatable bonds is 10. The molecule has 140 valence electrons. The number of pyridine rings is 1. The van der Waals surface area contributed by atoms with Crippen LogP contribution in [0.1, 0.15) is 24.0 Å². The summed E-state index contributed by atoms with van der Waals surface area (Å²) in [6.07, 6.45) is 4.73. The molecule has 0 unspecified atom stereocenters. The topological polar surface area (TPSA) is 58.5 Å². The molecule has 0 spiro atoms. The molecule has 0 aliphatic heterocycles. The summed E-state index contributed by atoms with van der Waals surface area (Å²) in [6, 6.07) is 14.0. The van der Waals surface area contributed by atoms with Crippen LogP contribution in [-0.4, -0.2) is 37.7 Å². The number of nitrogens with zero attached hydrogens (tertiary/aromatic N) is 2. The van der Waals surface area contributed by atoms with Gasteiger partial charge in [-0.25, -0.2) is 4.98 Å². The Morgan fingerprint density at radius 1 is 1.04 bits per heavy atom. The van der Waals surface area contributed by atoms with Gasteiger partial charge in [0.25, 0.3) is 0 Å². The quantitative estimate of drug-likeness (QED) is 0.289. The molecular formula is C20H27ClN4O. The van der Waals surface area contributed by atoms with E-state index < -0.39 is 0 Å². The first-order valence-electron chi connectivity index (χ1n) is 8.94. The van der Waals surface area contributed by atoms with E-state index in [0.29, 0.717) is 11.8 Å². The third-order valence-electron chi connectivity index (χ3n) is 3.84. The van der Waals surface area contributed by atoms with Crippen molar-refractivity contribution < 1.29 is 4.74 Å². The first kappa shape index (κ1) is 20.2. The van der Waals surface area contributed by atoms with Gasteiger partial charge in [0.2, 0.25) is 0 Å². The van der Waals surface area contributed by atoms with Crippen LogP contribution in [0.15, 0.2) is 53.7 Å². The van der Waals surface area contributed by atoms with Gasteiger partial charge in [-0.2, -0.15) is 0 Å². The predicted molar refractivity (Wildman–Crippen MR) is 108 cm³/mol. The number of guanidine groups is 1. The van der Waals surface area contributed by atoms with Gasteiger partial charge in [-0.3, -0.25) is 4.99 Å². The Hall–Kier alpha value is -2.11. The van der Waals surface area contributed by atoms with Crippen molar-refractivity contribution in [2.45, 2.75) is 25.9 Å². The van der Waals surface area contributed by atoms with Gasteiger partial charge in [0, 0.05) is 32.9 Å². The lowest BCUT2D eigenvalue weighted by molar-refractivity contribution is 0.117. The maximum absolute atomic E-state index is 5.79. The number of hydrogen-bond acceptors (Lipinski definition) is 3. The van der Waals surface area contributed by atoms with Crippen LogP contribution in [0.2, 0.25) is 5.15 Å². The minimum absolute atomic E-state index is 0.520. The SMILES string of the molecule is CN=C(NCCCCOCc1ccccc1)NCCc1ccc(Cl)nc1. The maximum Gasteiger partial charge on any atom is 0.190 e. The number of hydrogen-bond donors (Lipinski definition) is 2. The Bertz CT molecular complexity index is 647. The predicted octanol–water partition coefficient (Wildman–Crippen LogP) is 3.44. The van der Waals surface area contributed by atoms with Crippen molar-refractivity contribution in [3.63, 3.8) is 0 Å². The summed E-state index contributed by atoms with van der Waals surface area (Å²) in [5.41, 5.74) is 2.36. The van der Waals surface area contributed by atoms with Gasteiger partial charge in [-0.15, -0.1) is 0 Å². The second-order valence-corrected chi connectivity index (χ2v) is 6.30. The van der Waals surface area contributed by atoms with Gasteiger partial charge in [-0.1, -0.05) is 48.0 Å². The van der Waals surface area contributed by atoms with Crippen molar-refractivity contribution in [1.82, 2.24) is 15.6 Å². The molecule has 2 rings (SSSR count).